The zero-order chi connectivity index (χ0) is 9.80. The van der Waals surface area contributed by atoms with E-state index in [1.807, 2.05) is 18.2 Å². The van der Waals surface area contributed by atoms with Gasteiger partial charge in [-0.05, 0) is 30.2 Å². The Kier molecular flexibility index (Phi) is 2.84. The fraction of sp³-hybridized carbons (Fsp3) is 0.182. The number of alkyl halides is 1. The highest BCUT2D eigenvalue weighted by atomic mass is 35.5. The van der Waals surface area contributed by atoms with Crippen LogP contribution in [0.25, 0.3) is 0 Å². The van der Waals surface area contributed by atoms with E-state index in [9.17, 15) is 0 Å². The summed E-state index contributed by atoms with van der Waals surface area (Å²) in [6.45, 7) is 0. The van der Waals surface area contributed by atoms with E-state index in [4.69, 9.17) is 16.0 Å². The minimum atomic E-state index is -0.0313. The van der Waals surface area contributed by atoms with E-state index in [1.165, 1.54) is 5.56 Å². The Balaban J connectivity index is 2.06. The van der Waals surface area contributed by atoms with Gasteiger partial charge in [0.1, 0.15) is 0 Å². The topological polar surface area (TPSA) is 26.0 Å². The molecule has 0 saturated heterocycles. The summed E-state index contributed by atoms with van der Waals surface area (Å²) in [4.78, 5) is 3.95. The van der Waals surface area contributed by atoms with Gasteiger partial charge in [0.25, 0.3) is 0 Å². The molecule has 72 valence electrons. The molecule has 0 radical (unpaired) electrons. The molecule has 0 spiro atoms. The molecule has 0 N–H and O–H groups in total. The summed E-state index contributed by atoms with van der Waals surface area (Å²) in [6, 6.07) is 5.82. The highest BCUT2D eigenvalue weighted by molar-refractivity contribution is 6.20. The molecule has 0 fully saturated rings. The van der Waals surface area contributed by atoms with Gasteiger partial charge in [0.2, 0.25) is 0 Å². The first-order valence-corrected chi connectivity index (χ1v) is 4.85. The molecule has 3 heteroatoms. The summed E-state index contributed by atoms with van der Waals surface area (Å²) in [5, 5.41) is -0.0313. The lowest BCUT2D eigenvalue weighted by Gasteiger charge is -2.05. The predicted molar refractivity (Wildman–Crippen MR) is 55.2 cm³/mol. The maximum absolute atomic E-state index is 6.20. The summed E-state index contributed by atoms with van der Waals surface area (Å²) >= 11 is 6.20. The highest BCUT2D eigenvalue weighted by Crippen LogP contribution is 2.24. The van der Waals surface area contributed by atoms with Crippen molar-refractivity contribution in [2.24, 2.45) is 0 Å². The Hall–Kier alpha value is -1.28. The summed E-state index contributed by atoms with van der Waals surface area (Å²) in [7, 11) is 0. The first kappa shape index (κ1) is 9.28. The van der Waals surface area contributed by atoms with Gasteiger partial charge in [-0.1, -0.05) is 0 Å². The van der Waals surface area contributed by atoms with Crippen molar-refractivity contribution in [1.82, 2.24) is 4.98 Å². The summed E-state index contributed by atoms with van der Waals surface area (Å²) in [5.74, 6) is 0. The standard InChI is InChI=1S/C11H10ClNO/c12-11(10-3-6-14-8-10)7-9-1-4-13-5-2-9/h1-6,8,11H,7H2. The predicted octanol–water partition coefficient (Wildman–Crippen LogP) is 3.20. The number of rotatable bonds is 3. The monoisotopic (exact) mass is 207 g/mol. The van der Waals surface area contributed by atoms with E-state index in [0.717, 1.165) is 12.0 Å². The van der Waals surface area contributed by atoms with Gasteiger partial charge in [-0.15, -0.1) is 11.6 Å². The quantitative estimate of drug-likeness (QED) is 0.723. The minimum Gasteiger partial charge on any atom is -0.472 e. The van der Waals surface area contributed by atoms with Crippen LogP contribution in [0.3, 0.4) is 0 Å². The van der Waals surface area contributed by atoms with Gasteiger partial charge in [-0.25, -0.2) is 0 Å². The Labute approximate surface area is 87.5 Å². The van der Waals surface area contributed by atoms with E-state index in [2.05, 4.69) is 4.98 Å². The van der Waals surface area contributed by atoms with Gasteiger partial charge in [-0.2, -0.15) is 0 Å². The Morgan fingerprint density at radius 3 is 2.71 bits per heavy atom. The molecule has 1 unspecified atom stereocenters. The van der Waals surface area contributed by atoms with Crippen LogP contribution in [0.15, 0.2) is 47.5 Å². The van der Waals surface area contributed by atoms with Crippen LogP contribution in [-0.2, 0) is 6.42 Å². The maximum atomic E-state index is 6.20. The van der Waals surface area contributed by atoms with E-state index in [-0.39, 0.29) is 5.38 Å². The van der Waals surface area contributed by atoms with Gasteiger partial charge < -0.3 is 4.42 Å². The number of pyridine rings is 1. The van der Waals surface area contributed by atoms with E-state index in [1.54, 1.807) is 24.9 Å². The molecule has 0 saturated carbocycles. The van der Waals surface area contributed by atoms with Crippen LogP contribution in [0.5, 0.6) is 0 Å². The summed E-state index contributed by atoms with van der Waals surface area (Å²) in [5.41, 5.74) is 2.20. The summed E-state index contributed by atoms with van der Waals surface area (Å²) < 4.78 is 4.98. The molecule has 2 aromatic heterocycles. The average Bonchev–Trinajstić information content (AvgIpc) is 2.72. The molecule has 0 amide bonds. The largest absolute Gasteiger partial charge is 0.472 e. The SMILES string of the molecule is ClC(Cc1ccncc1)c1ccoc1. The molecule has 2 aromatic rings. The van der Waals surface area contributed by atoms with Crippen molar-refractivity contribution in [3.8, 4) is 0 Å². The lowest BCUT2D eigenvalue weighted by atomic mass is 10.1. The van der Waals surface area contributed by atoms with Crippen LogP contribution in [-0.4, -0.2) is 4.98 Å². The van der Waals surface area contributed by atoms with Crippen molar-refractivity contribution < 1.29 is 4.42 Å². The zero-order valence-corrected chi connectivity index (χ0v) is 8.32. The number of aromatic nitrogens is 1. The molecule has 14 heavy (non-hydrogen) atoms. The molecule has 0 aliphatic heterocycles. The molecule has 2 nitrogen and oxygen atoms in total. The molecule has 1 atom stereocenters. The second-order valence-electron chi connectivity index (χ2n) is 3.08. The van der Waals surface area contributed by atoms with Crippen LogP contribution >= 0.6 is 11.6 Å². The minimum absolute atomic E-state index is 0.0313. The van der Waals surface area contributed by atoms with Gasteiger partial charge in [-0.3, -0.25) is 4.98 Å². The number of halogens is 1. The number of hydrogen-bond donors (Lipinski definition) is 0. The van der Waals surface area contributed by atoms with Crippen LogP contribution in [0.1, 0.15) is 16.5 Å². The molecular formula is C11H10ClNO. The Bertz CT molecular complexity index is 371. The first-order valence-electron chi connectivity index (χ1n) is 4.41. The fourth-order valence-electron chi connectivity index (χ4n) is 1.30. The van der Waals surface area contributed by atoms with Gasteiger partial charge in [0.05, 0.1) is 17.9 Å². The van der Waals surface area contributed by atoms with Crippen molar-refractivity contribution in [3.63, 3.8) is 0 Å². The van der Waals surface area contributed by atoms with Gasteiger partial charge >= 0.3 is 0 Å². The van der Waals surface area contributed by atoms with Crippen LogP contribution < -0.4 is 0 Å². The van der Waals surface area contributed by atoms with Crippen molar-refractivity contribution in [3.05, 3.63) is 54.2 Å². The van der Waals surface area contributed by atoms with Gasteiger partial charge in [0, 0.05) is 18.0 Å². The normalized spacial score (nSPS) is 12.6. The average molecular weight is 208 g/mol. The Morgan fingerprint density at radius 2 is 2.07 bits per heavy atom. The molecule has 0 aliphatic carbocycles. The Morgan fingerprint density at radius 1 is 1.29 bits per heavy atom. The molecule has 2 heterocycles. The third-order valence-electron chi connectivity index (χ3n) is 2.07. The third-order valence-corrected chi connectivity index (χ3v) is 2.48. The lowest BCUT2D eigenvalue weighted by Crippen LogP contribution is -1.93. The molecule has 2 rings (SSSR count). The number of furan rings is 1. The van der Waals surface area contributed by atoms with Crippen molar-refractivity contribution >= 4 is 11.6 Å². The van der Waals surface area contributed by atoms with Crippen molar-refractivity contribution in [2.45, 2.75) is 11.8 Å². The zero-order valence-electron chi connectivity index (χ0n) is 7.56. The molecule has 0 bridgehead atoms. The van der Waals surface area contributed by atoms with Crippen LogP contribution in [0.2, 0.25) is 0 Å². The van der Waals surface area contributed by atoms with Crippen LogP contribution in [0.4, 0.5) is 0 Å². The molecule has 0 aliphatic rings. The number of hydrogen-bond acceptors (Lipinski definition) is 2. The fourth-order valence-corrected chi connectivity index (χ4v) is 1.60. The second kappa shape index (κ2) is 4.29. The van der Waals surface area contributed by atoms with Gasteiger partial charge in [0.15, 0.2) is 0 Å². The molecule has 0 aromatic carbocycles. The van der Waals surface area contributed by atoms with E-state index < -0.39 is 0 Å². The van der Waals surface area contributed by atoms with E-state index >= 15 is 0 Å². The maximum Gasteiger partial charge on any atom is 0.0949 e. The third kappa shape index (κ3) is 2.15. The number of nitrogens with zero attached hydrogens (tertiary/aromatic N) is 1. The van der Waals surface area contributed by atoms with Crippen molar-refractivity contribution in [2.75, 3.05) is 0 Å². The lowest BCUT2D eigenvalue weighted by molar-refractivity contribution is 0.563. The van der Waals surface area contributed by atoms with E-state index in [0.29, 0.717) is 0 Å². The highest BCUT2D eigenvalue weighted by Gasteiger charge is 2.09. The van der Waals surface area contributed by atoms with Crippen LogP contribution in [0, 0.1) is 0 Å². The second-order valence-corrected chi connectivity index (χ2v) is 3.61. The molecular weight excluding hydrogens is 198 g/mol. The summed E-state index contributed by atoms with van der Waals surface area (Å²) in [6.07, 6.45) is 7.66. The van der Waals surface area contributed by atoms with Crippen molar-refractivity contribution in [1.29, 1.82) is 0 Å². The first-order chi connectivity index (χ1) is 6.86. The smallest absolute Gasteiger partial charge is 0.0949 e.